The first kappa shape index (κ1) is 45.3. The first-order valence-electron chi connectivity index (χ1n) is 23.1. The molecule has 12 heteroatoms. The predicted molar refractivity (Wildman–Crippen MR) is 243 cm³/mol. The molecule has 2 aliphatic heterocycles. The maximum atomic E-state index is 14.5. The first-order valence-corrected chi connectivity index (χ1v) is 23.1. The second-order valence-corrected chi connectivity index (χ2v) is 17.2. The third-order valence-electron chi connectivity index (χ3n) is 13.2. The molecule has 0 bridgehead atoms. The van der Waals surface area contributed by atoms with Gasteiger partial charge in [0.05, 0.1) is 31.5 Å². The number of amides is 1. The summed E-state index contributed by atoms with van der Waals surface area (Å²) in [4.78, 5) is 22.4. The lowest BCUT2D eigenvalue weighted by Crippen LogP contribution is -2.70. The van der Waals surface area contributed by atoms with Crippen molar-refractivity contribution in [2.75, 3.05) is 33.0 Å². The van der Waals surface area contributed by atoms with E-state index < -0.39 is 30.1 Å². The summed E-state index contributed by atoms with van der Waals surface area (Å²) in [6, 6.07) is 25.4. The molecular formula is C52H61FN2O9. The maximum Gasteiger partial charge on any atom is 0.410 e. The maximum absolute atomic E-state index is 14.5. The number of nitrogens with zero attached hydrogens (tertiary/aromatic N) is 2. The fraction of sp³-hybridized carbons (Fsp3) is 0.462. The van der Waals surface area contributed by atoms with E-state index in [2.05, 4.69) is 36.9 Å². The van der Waals surface area contributed by atoms with Gasteiger partial charge in [0.15, 0.2) is 0 Å². The molecule has 4 aromatic carbocycles. The highest BCUT2D eigenvalue weighted by molar-refractivity contribution is 6.03. The summed E-state index contributed by atoms with van der Waals surface area (Å²) >= 11 is 0. The zero-order valence-electron chi connectivity index (χ0n) is 36.7. The standard InChI is InChI=1S/C52H61FN2O9/c1-3-28-61-52-47(55(51(58)59-4-2)34-35-18-21-39(53)22-19-35)33-45(54-64-48-17-9-12-29-60-48)43-31-38(15-7-10-26-56)42(16-8-11-27-57)49(50(43)52)44-32-41(24-25-46(44)63-52)62-40-23-20-36-13-5-6-14-37(36)30-40/h3,5-6,13-14,18-25,30-32,38,42,47-50,56-57H,1,4,7-12,15-17,26-29,33-34H2,2H3/t38-,42+,47-,48?,49+,50+,52+/m0/s1. The Labute approximate surface area is 375 Å². The Bertz CT molecular complexity index is 2280. The SMILES string of the molecule is C=CCO[C@@]12Oc3ccc(Oc4ccc5ccccc5c4)cc3[C@H]3[C@H](CCCCO)[C@@H](CCCCO)C=C(C(=NOC4CCCCO4)C[C@@H]1N(Cc1ccc(F)cc1)C(=O)OCC)[C@H]32. The monoisotopic (exact) mass is 876 g/mol. The van der Waals surface area contributed by atoms with Crippen LogP contribution >= 0.6 is 0 Å². The van der Waals surface area contributed by atoms with E-state index in [1.807, 2.05) is 36.4 Å². The summed E-state index contributed by atoms with van der Waals surface area (Å²) < 4.78 is 47.2. The molecule has 0 aromatic heterocycles. The number of unbranched alkanes of at least 4 members (excludes halogenated alkanes) is 2. The van der Waals surface area contributed by atoms with Crippen molar-refractivity contribution >= 4 is 22.6 Å². The van der Waals surface area contributed by atoms with Crippen LogP contribution in [0.2, 0.25) is 0 Å². The lowest BCUT2D eigenvalue weighted by molar-refractivity contribution is -0.256. The van der Waals surface area contributed by atoms with Crippen LogP contribution in [-0.2, 0) is 25.6 Å². The molecule has 2 N–H and O–H groups in total. The molecule has 4 aliphatic rings. The lowest BCUT2D eigenvalue weighted by atomic mass is 9.55. The molecule has 2 aliphatic carbocycles. The Hall–Kier alpha value is -5.27. The number of rotatable bonds is 19. The number of benzene rings is 4. The normalized spacial score (nSPS) is 25.4. The molecule has 1 amide bonds. The van der Waals surface area contributed by atoms with Crippen LogP contribution in [0.3, 0.4) is 0 Å². The van der Waals surface area contributed by atoms with E-state index in [9.17, 15) is 19.4 Å². The van der Waals surface area contributed by atoms with Gasteiger partial charge in [-0.1, -0.05) is 72.6 Å². The molecule has 64 heavy (non-hydrogen) atoms. The van der Waals surface area contributed by atoms with E-state index in [4.69, 9.17) is 33.7 Å². The number of aliphatic hydroxyl groups excluding tert-OH is 2. The average Bonchev–Trinajstić information content (AvgIpc) is 3.31. The molecule has 4 aromatic rings. The first-order chi connectivity index (χ1) is 31.3. The molecule has 1 saturated heterocycles. The minimum atomic E-state index is -1.50. The zero-order valence-corrected chi connectivity index (χ0v) is 36.7. The average molecular weight is 877 g/mol. The van der Waals surface area contributed by atoms with E-state index in [1.165, 1.54) is 12.1 Å². The van der Waals surface area contributed by atoms with Crippen molar-refractivity contribution in [1.29, 1.82) is 0 Å². The number of carbonyl (C=O) groups is 1. The Morgan fingerprint density at radius 2 is 1.72 bits per heavy atom. The van der Waals surface area contributed by atoms with E-state index in [1.54, 1.807) is 30.0 Å². The van der Waals surface area contributed by atoms with E-state index in [0.717, 1.165) is 60.4 Å². The number of ether oxygens (including phenoxy) is 5. The highest BCUT2D eigenvalue weighted by atomic mass is 19.1. The van der Waals surface area contributed by atoms with Gasteiger partial charge >= 0.3 is 6.09 Å². The topological polar surface area (TPSA) is 129 Å². The minimum absolute atomic E-state index is 0.0139. The third-order valence-corrected chi connectivity index (χ3v) is 13.2. The summed E-state index contributed by atoms with van der Waals surface area (Å²) in [5, 5.41) is 27.1. The van der Waals surface area contributed by atoms with Gasteiger partial charge in [-0.15, -0.1) is 6.58 Å². The Morgan fingerprint density at radius 3 is 2.47 bits per heavy atom. The van der Waals surface area contributed by atoms with Gasteiger partial charge < -0.3 is 38.7 Å². The summed E-state index contributed by atoms with van der Waals surface area (Å²) in [7, 11) is 0. The van der Waals surface area contributed by atoms with Crippen molar-refractivity contribution in [3.05, 3.63) is 126 Å². The molecule has 2 heterocycles. The van der Waals surface area contributed by atoms with Crippen molar-refractivity contribution in [3.63, 3.8) is 0 Å². The zero-order chi connectivity index (χ0) is 44.5. The van der Waals surface area contributed by atoms with Crippen molar-refractivity contribution in [1.82, 2.24) is 4.90 Å². The lowest BCUT2D eigenvalue weighted by Gasteiger charge is -2.59. The van der Waals surface area contributed by atoms with Gasteiger partial charge in [0.2, 0.25) is 12.1 Å². The van der Waals surface area contributed by atoms with Crippen LogP contribution in [0.15, 0.2) is 114 Å². The number of allylic oxidation sites excluding steroid dienone is 1. The molecule has 1 saturated carbocycles. The van der Waals surface area contributed by atoms with Crippen molar-refractivity contribution in [2.24, 2.45) is 22.9 Å². The second kappa shape index (κ2) is 21.1. The predicted octanol–water partition coefficient (Wildman–Crippen LogP) is 10.6. The van der Waals surface area contributed by atoms with Gasteiger partial charge in [0, 0.05) is 44.1 Å². The quantitative estimate of drug-likeness (QED) is 0.0537. The molecule has 0 spiro atoms. The van der Waals surface area contributed by atoms with Crippen LogP contribution in [0.1, 0.15) is 88.2 Å². The van der Waals surface area contributed by atoms with Crippen LogP contribution in [0.4, 0.5) is 9.18 Å². The number of carbonyl (C=O) groups excluding carboxylic acids is 1. The Kier molecular flexibility index (Phi) is 15.0. The van der Waals surface area contributed by atoms with Crippen LogP contribution in [0.25, 0.3) is 10.8 Å². The summed E-state index contributed by atoms with van der Waals surface area (Å²) in [5.41, 5.74) is 3.19. The van der Waals surface area contributed by atoms with Crippen molar-refractivity contribution in [3.8, 4) is 17.2 Å². The van der Waals surface area contributed by atoms with Crippen LogP contribution in [0.5, 0.6) is 17.2 Å². The van der Waals surface area contributed by atoms with Gasteiger partial charge in [-0.25, -0.2) is 9.18 Å². The smallest absolute Gasteiger partial charge is 0.410 e. The fourth-order valence-corrected chi connectivity index (χ4v) is 10.3. The second-order valence-electron chi connectivity index (χ2n) is 17.2. The minimum Gasteiger partial charge on any atom is -0.459 e. The number of fused-ring (bicyclic) bond motifs is 3. The van der Waals surface area contributed by atoms with E-state index in [-0.39, 0.29) is 63.0 Å². The largest absolute Gasteiger partial charge is 0.459 e. The molecule has 1 unspecified atom stereocenters. The van der Waals surface area contributed by atoms with Gasteiger partial charge in [0.1, 0.15) is 29.1 Å². The van der Waals surface area contributed by atoms with Crippen molar-refractivity contribution < 1.29 is 47.9 Å². The van der Waals surface area contributed by atoms with Gasteiger partial charge in [-0.3, -0.25) is 4.90 Å². The number of halogens is 1. The van der Waals surface area contributed by atoms with Crippen LogP contribution < -0.4 is 9.47 Å². The highest BCUT2D eigenvalue weighted by Crippen LogP contribution is 2.62. The molecule has 0 radical (unpaired) electrons. The molecular weight excluding hydrogens is 816 g/mol. The summed E-state index contributed by atoms with van der Waals surface area (Å²) in [6.07, 6.45) is 10.2. The molecule has 7 atom stereocenters. The summed E-state index contributed by atoms with van der Waals surface area (Å²) in [5.74, 6) is -0.695. The number of hydrogen-bond donors (Lipinski definition) is 2. The van der Waals surface area contributed by atoms with Crippen molar-refractivity contribution in [2.45, 2.75) is 102 Å². The number of oxime groups is 1. The van der Waals surface area contributed by atoms with Crippen LogP contribution in [-0.4, -0.2) is 78.1 Å². The van der Waals surface area contributed by atoms with Gasteiger partial charge in [0.25, 0.3) is 0 Å². The molecule has 8 rings (SSSR count). The molecule has 2 fully saturated rings. The van der Waals surface area contributed by atoms with Gasteiger partial charge in [-0.05, 0) is 122 Å². The summed E-state index contributed by atoms with van der Waals surface area (Å²) in [6.45, 7) is 6.84. The highest BCUT2D eigenvalue weighted by Gasteiger charge is 2.65. The number of hydrogen-bond acceptors (Lipinski definition) is 10. The van der Waals surface area contributed by atoms with E-state index >= 15 is 0 Å². The molecule has 340 valence electrons. The third kappa shape index (κ3) is 9.85. The fourth-order valence-electron chi connectivity index (χ4n) is 10.3. The van der Waals surface area contributed by atoms with E-state index in [0.29, 0.717) is 54.4 Å². The van der Waals surface area contributed by atoms with Crippen LogP contribution in [0, 0.1) is 23.6 Å². The molecule has 11 nitrogen and oxygen atoms in total. The number of aliphatic hydroxyl groups is 2. The Balaban J connectivity index is 1.33. The van der Waals surface area contributed by atoms with Gasteiger partial charge in [-0.2, -0.15) is 0 Å². The Morgan fingerprint density at radius 1 is 0.953 bits per heavy atom.